The monoisotopic (exact) mass is 713 g/mol. The van der Waals surface area contributed by atoms with Crippen LogP contribution in [0, 0.1) is 11.7 Å². The topological polar surface area (TPSA) is 72.9 Å². The lowest BCUT2D eigenvalue weighted by atomic mass is 9.78. The first-order chi connectivity index (χ1) is 22.9. The van der Waals surface area contributed by atoms with E-state index >= 15 is 0 Å². The van der Waals surface area contributed by atoms with Gasteiger partial charge in [-0.05, 0) is 89.6 Å². The Hall–Kier alpha value is -4.00. The summed E-state index contributed by atoms with van der Waals surface area (Å²) in [5.41, 5.74) is -2.03. The standard InChI is InChI=1S/C37H39F4NO5SSi/c1-36(2,3)49(4,5)47-33(26-18-20-29(38)21-19-26)23-22-32-34(42(35(32)43)30-11-7-6-8-12-30)27-16-14-25(15-17-27)28-10-9-13-31(24-28)46-48(44,45)37(39,40)41/h6-21,24,32-34H,22-23H2,1-5H3/t32-,33+,34-/m1/s1. The van der Waals surface area contributed by atoms with Crippen molar-refractivity contribution in [3.05, 3.63) is 120 Å². The Balaban J connectivity index is 1.42. The van der Waals surface area contributed by atoms with Crippen LogP contribution in [0.5, 0.6) is 5.75 Å². The van der Waals surface area contributed by atoms with Crippen LogP contribution in [-0.2, 0) is 19.3 Å². The summed E-state index contributed by atoms with van der Waals surface area (Å²) in [6, 6.07) is 28.0. The molecule has 0 aliphatic carbocycles. The molecule has 49 heavy (non-hydrogen) atoms. The van der Waals surface area contributed by atoms with Crippen molar-refractivity contribution in [2.45, 2.75) is 69.4 Å². The molecule has 0 radical (unpaired) electrons. The van der Waals surface area contributed by atoms with Gasteiger partial charge in [0, 0.05) is 5.69 Å². The highest BCUT2D eigenvalue weighted by Crippen LogP contribution is 2.48. The zero-order chi connectivity index (χ0) is 35.8. The minimum Gasteiger partial charge on any atom is -0.410 e. The lowest BCUT2D eigenvalue weighted by molar-refractivity contribution is -0.131. The fraction of sp³-hybridized carbons (Fsp3) is 0.324. The Morgan fingerprint density at radius 3 is 2.06 bits per heavy atom. The second-order valence-electron chi connectivity index (χ2n) is 13.7. The lowest BCUT2D eigenvalue weighted by Crippen LogP contribution is -2.55. The van der Waals surface area contributed by atoms with E-state index in [1.54, 1.807) is 35.2 Å². The van der Waals surface area contributed by atoms with Gasteiger partial charge in [-0.3, -0.25) is 4.79 Å². The maximum Gasteiger partial charge on any atom is 0.534 e. The maximum atomic E-state index is 13.9. The number of rotatable bonds is 11. The molecule has 1 fully saturated rings. The number of benzene rings is 4. The number of amides is 1. The number of anilines is 1. The Morgan fingerprint density at radius 2 is 1.47 bits per heavy atom. The number of halogens is 4. The zero-order valence-corrected chi connectivity index (χ0v) is 29.7. The summed E-state index contributed by atoms with van der Waals surface area (Å²) >= 11 is 0. The third-order valence-electron chi connectivity index (χ3n) is 9.38. The summed E-state index contributed by atoms with van der Waals surface area (Å²) in [4.78, 5) is 15.6. The van der Waals surface area contributed by atoms with Crippen LogP contribution in [0.3, 0.4) is 0 Å². The quantitative estimate of drug-likeness (QED) is 0.0509. The average molecular weight is 714 g/mol. The van der Waals surface area contributed by atoms with Gasteiger partial charge in [-0.15, -0.1) is 0 Å². The van der Waals surface area contributed by atoms with Crippen molar-refractivity contribution >= 4 is 30.0 Å². The lowest BCUT2D eigenvalue weighted by Gasteiger charge is -2.48. The van der Waals surface area contributed by atoms with Crippen LogP contribution in [0.1, 0.15) is 56.9 Å². The van der Waals surface area contributed by atoms with Gasteiger partial charge in [-0.25, -0.2) is 4.39 Å². The number of hydrogen-bond acceptors (Lipinski definition) is 5. The van der Waals surface area contributed by atoms with E-state index in [0.717, 1.165) is 22.9 Å². The molecule has 4 aromatic carbocycles. The Bertz CT molecular complexity index is 1880. The van der Waals surface area contributed by atoms with Crippen LogP contribution < -0.4 is 9.08 Å². The molecule has 260 valence electrons. The summed E-state index contributed by atoms with van der Waals surface area (Å²) in [6.07, 6.45) is 0.719. The van der Waals surface area contributed by atoms with E-state index < -0.39 is 29.7 Å². The normalized spacial score (nSPS) is 17.8. The number of carbonyl (C=O) groups excluding carboxylic acids is 1. The molecule has 5 rings (SSSR count). The van der Waals surface area contributed by atoms with E-state index in [-0.39, 0.29) is 34.8 Å². The first-order valence-corrected chi connectivity index (χ1v) is 20.2. The molecule has 0 unspecified atom stereocenters. The Morgan fingerprint density at radius 1 is 0.837 bits per heavy atom. The average Bonchev–Trinajstić information content (AvgIpc) is 3.03. The summed E-state index contributed by atoms with van der Waals surface area (Å²) in [5, 5.41) is -0.0653. The number of alkyl halides is 3. The summed E-state index contributed by atoms with van der Waals surface area (Å²) in [5.74, 6) is -1.20. The van der Waals surface area contributed by atoms with Gasteiger partial charge in [-0.2, -0.15) is 21.6 Å². The van der Waals surface area contributed by atoms with Crippen molar-refractivity contribution in [2.24, 2.45) is 5.92 Å². The fourth-order valence-electron chi connectivity index (χ4n) is 5.70. The number of hydrogen-bond donors (Lipinski definition) is 0. The fourth-order valence-corrected chi connectivity index (χ4v) is 7.47. The predicted octanol–water partition coefficient (Wildman–Crippen LogP) is 9.97. The van der Waals surface area contributed by atoms with Crippen LogP contribution in [0.25, 0.3) is 11.1 Å². The molecule has 3 atom stereocenters. The van der Waals surface area contributed by atoms with Crippen molar-refractivity contribution in [1.82, 2.24) is 0 Å². The van der Waals surface area contributed by atoms with E-state index in [4.69, 9.17) is 4.43 Å². The number of β-lactam (4-membered cyclic amide) rings is 1. The Labute approximate surface area is 285 Å². The van der Waals surface area contributed by atoms with Crippen molar-refractivity contribution < 1.29 is 39.4 Å². The zero-order valence-electron chi connectivity index (χ0n) is 27.9. The highest BCUT2D eigenvalue weighted by atomic mass is 32.2. The second kappa shape index (κ2) is 13.7. The van der Waals surface area contributed by atoms with E-state index in [0.29, 0.717) is 24.0 Å². The van der Waals surface area contributed by atoms with E-state index in [2.05, 4.69) is 38.0 Å². The summed E-state index contributed by atoms with van der Waals surface area (Å²) in [7, 11) is -8.06. The van der Waals surface area contributed by atoms with Gasteiger partial charge in [0.2, 0.25) is 5.91 Å². The van der Waals surface area contributed by atoms with Crippen molar-refractivity contribution in [3.8, 4) is 16.9 Å². The molecule has 0 spiro atoms. The largest absolute Gasteiger partial charge is 0.534 e. The summed E-state index contributed by atoms with van der Waals surface area (Å²) < 4.78 is 86.7. The van der Waals surface area contributed by atoms with Gasteiger partial charge < -0.3 is 13.5 Å². The van der Waals surface area contributed by atoms with Crippen LogP contribution >= 0.6 is 0 Å². The molecule has 0 aromatic heterocycles. The third kappa shape index (κ3) is 7.92. The molecule has 0 N–H and O–H groups in total. The molecule has 6 nitrogen and oxygen atoms in total. The smallest absolute Gasteiger partial charge is 0.410 e. The van der Waals surface area contributed by atoms with Gasteiger partial charge in [-0.1, -0.05) is 87.5 Å². The molecule has 12 heteroatoms. The SMILES string of the molecule is CC(C)(C)[Si](C)(C)O[C@@H](CC[C@H]1C(=O)N(c2ccccc2)[C@@H]1c1ccc(-c2cccc(OS(=O)(=O)C(F)(F)F)c2)cc1)c1ccc(F)cc1. The van der Waals surface area contributed by atoms with Crippen molar-refractivity contribution in [2.75, 3.05) is 4.90 Å². The molecule has 4 aromatic rings. The van der Waals surface area contributed by atoms with Crippen LogP contribution in [0.15, 0.2) is 103 Å². The van der Waals surface area contributed by atoms with Gasteiger partial charge in [0.05, 0.1) is 18.1 Å². The first-order valence-electron chi connectivity index (χ1n) is 15.9. The van der Waals surface area contributed by atoms with E-state index in [1.165, 1.54) is 24.3 Å². The van der Waals surface area contributed by atoms with Crippen LogP contribution in [0.2, 0.25) is 18.1 Å². The molecular formula is C37H39F4NO5SSi. The molecular weight excluding hydrogens is 675 g/mol. The van der Waals surface area contributed by atoms with Gasteiger partial charge in [0.1, 0.15) is 11.6 Å². The molecule has 1 saturated heterocycles. The minimum atomic E-state index is -5.82. The van der Waals surface area contributed by atoms with Crippen LogP contribution in [0.4, 0.5) is 23.2 Å². The van der Waals surface area contributed by atoms with Crippen molar-refractivity contribution in [3.63, 3.8) is 0 Å². The summed E-state index contributed by atoms with van der Waals surface area (Å²) in [6.45, 7) is 10.8. The number of nitrogens with zero attached hydrogens (tertiary/aromatic N) is 1. The molecule has 0 saturated carbocycles. The highest BCUT2D eigenvalue weighted by molar-refractivity contribution is 7.88. The van der Waals surface area contributed by atoms with Gasteiger partial charge >= 0.3 is 15.6 Å². The number of carbonyl (C=O) groups is 1. The maximum absolute atomic E-state index is 13.9. The van der Waals surface area contributed by atoms with Gasteiger partial charge in [0.25, 0.3) is 0 Å². The Kier molecular flexibility index (Phi) is 10.2. The minimum absolute atomic E-state index is 0.0267. The van der Waals surface area contributed by atoms with Crippen molar-refractivity contribution in [1.29, 1.82) is 0 Å². The molecule has 1 aliphatic heterocycles. The van der Waals surface area contributed by atoms with E-state index in [9.17, 15) is 30.8 Å². The highest BCUT2D eigenvalue weighted by Gasteiger charge is 2.50. The molecule has 1 heterocycles. The predicted molar refractivity (Wildman–Crippen MR) is 184 cm³/mol. The third-order valence-corrected chi connectivity index (χ3v) is 14.8. The number of para-hydroxylation sites is 1. The van der Waals surface area contributed by atoms with Gasteiger partial charge in [0.15, 0.2) is 8.32 Å². The molecule has 0 bridgehead atoms. The molecule has 1 aliphatic rings. The second-order valence-corrected chi connectivity index (χ2v) is 20.0. The first kappa shape index (κ1) is 36.3. The van der Waals surface area contributed by atoms with E-state index in [1.807, 2.05) is 42.5 Å². The van der Waals surface area contributed by atoms with Crippen LogP contribution in [-0.4, -0.2) is 28.2 Å². The molecule has 1 amide bonds.